The smallest absolute Gasteiger partial charge is 0.475 e. The van der Waals surface area contributed by atoms with Crippen LogP contribution in [0.3, 0.4) is 0 Å². The first-order chi connectivity index (χ1) is 20.2. The van der Waals surface area contributed by atoms with Crippen LogP contribution < -0.4 is 20.3 Å². The van der Waals surface area contributed by atoms with Gasteiger partial charge in [0, 0.05) is 45.2 Å². The molecule has 4 aromatic rings. The number of carbonyl (C=O) groups excluding carboxylic acids is 1. The molecule has 4 rings (SSSR count). The molecule has 0 aliphatic carbocycles. The van der Waals surface area contributed by atoms with E-state index in [4.69, 9.17) is 9.90 Å². The molecule has 15 heteroatoms. The number of aromatic nitrogens is 2. The minimum atomic E-state index is -5.08. The Labute approximate surface area is 245 Å². The lowest BCUT2D eigenvalue weighted by atomic mass is 10.1. The Bertz CT molecular complexity index is 1680. The van der Waals surface area contributed by atoms with E-state index in [1.54, 1.807) is 12.1 Å². The number of hydrogen-bond donors (Lipinski definition) is 4. The second kappa shape index (κ2) is 13.9. The number of benzene rings is 3. The number of halogens is 3. The fourth-order valence-corrected chi connectivity index (χ4v) is 4.64. The Kier molecular flexibility index (Phi) is 10.6. The van der Waals surface area contributed by atoms with Gasteiger partial charge in [0.1, 0.15) is 5.82 Å². The Morgan fingerprint density at radius 3 is 1.98 bits per heavy atom. The molecule has 43 heavy (non-hydrogen) atoms. The number of alkyl halides is 3. The first-order valence-corrected chi connectivity index (χ1v) is 14.1. The number of rotatable bonds is 9. The average molecular weight is 619 g/mol. The number of carboxylic acid groups (broad SMARTS) is 1. The van der Waals surface area contributed by atoms with Crippen molar-refractivity contribution in [3.8, 4) is 0 Å². The molecule has 0 unspecified atom stereocenters. The van der Waals surface area contributed by atoms with Gasteiger partial charge in [0.2, 0.25) is 21.9 Å². The molecule has 0 saturated heterocycles. The molecule has 1 heterocycles. The van der Waals surface area contributed by atoms with Gasteiger partial charge in [0.05, 0.1) is 10.4 Å². The Balaban J connectivity index is 0.000000646. The molecule has 0 fully saturated rings. The van der Waals surface area contributed by atoms with Crippen molar-refractivity contribution in [1.29, 1.82) is 0 Å². The number of nitrogens with one attached hydrogen (secondary N) is 3. The van der Waals surface area contributed by atoms with E-state index in [-0.39, 0.29) is 17.3 Å². The number of hydrogen-bond acceptors (Lipinski definition) is 8. The topological polar surface area (TPSA) is 154 Å². The molecular formula is C28H29F3N6O5S. The molecule has 0 radical (unpaired) electrons. The number of carbonyl (C=O) groups is 2. The van der Waals surface area contributed by atoms with Crippen molar-refractivity contribution in [2.45, 2.75) is 31.1 Å². The van der Waals surface area contributed by atoms with Gasteiger partial charge in [-0.25, -0.2) is 22.9 Å². The maximum Gasteiger partial charge on any atom is 0.490 e. The number of fused-ring (bicyclic) bond motifs is 1. The van der Waals surface area contributed by atoms with Gasteiger partial charge in [-0.2, -0.15) is 18.2 Å². The Morgan fingerprint density at radius 2 is 1.44 bits per heavy atom. The quantitative estimate of drug-likeness (QED) is 0.214. The molecule has 0 spiro atoms. The van der Waals surface area contributed by atoms with Gasteiger partial charge in [-0.05, 0) is 47.5 Å². The minimum absolute atomic E-state index is 0.130. The second-order valence-electron chi connectivity index (χ2n) is 9.29. The van der Waals surface area contributed by atoms with Gasteiger partial charge < -0.3 is 20.6 Å². The molecule has 0 saturated carbocycles. The number of para-hydroxylation sites is 1. The summed E-state index contributed by atoms with van der Waals surface area (Å²) < 4.78 is 59.6. The third-order valence-electron chi connectivity index (χ3n) is 5.67. The molecule has 3 aromatic carbocycles. The predicted molar refractivity (Wildman–Crippen MR) is 156 cm³/mol. The van der Waals surface area contributed by atoms with Gasteiger partial charge in [-0.3, -0.25) is 4.79 Å². The van der Waals surface area contributed by atoms with E-state index >= 15 is 0 Å². The summed E-state index contributed by atoms with van der Waals surface area (Å²) >= 11 is 0. The molecular weight excluding hydrogens is 589 g/mol. The highest BCUT2D eigenvalue weighted by Gasteiger charge is 2.38. The van der Waals surface area contributed by atoms with Gasteiger partial charge in [-0.1, -0.05) is 36.4 Å². The fourth-order valence-electron chi connectivity index (χ4n) is 3.62. The molecule has 228 valence electrons. The monoisotopic (exact) mass is 618 g/mol. The second-order valence-corrected chi connectivity index (χ2v) is 11.1. The lowest BCUT2D eigenvalue weighted by Gasteiger charge is -2.16. The van der Waals surface area contributed by atoms with Crippen molar-refractivity contribution in [3.63, 3.8) is 0 Å². The van der Waals surface area contributed by atoms with E-state index in [2.05, 4.69) is 25.3 Å². The highest BCUT2D eigenvalue weighted by atomic mass is 32.2. The van der Waals surface area contributed by atoms with Crippen LogP contribution in [0.15, 0.2) is 77.7 Å². The van der Waals surface area contributed by atoms with Gasteiger partial charge in [-0.15, -0.1) is 0 Å². The maximum atomic E-state index is 12.6. The van der Waals surface area contributed by atoms with Crippen LogP contribution in [0, 0.1) is 0 Å². The van der Waals surface area contributed by atoms with Crippen LogP contribution in [-0.2, 0) is 32.7 Å². The van der Waals surface area contributed by atoms with Crippen LogP contribution in [0.25, 0.3) is 10.9 Å². The summed E-state index contributed by atoms with van der Waals surface area (Å²) in [4.78, 5) is 31.4. The predicted octanol–water partition coefficient (Wildman–Crippen LogP) is 4.38. The summed E-state index contributed by atoms with van der Waals surface area (Å²) in [6.45, 7) is 2.08. The van der Waals surface area contributed by atoms with Crippen LogP contribution in [0.5, 0.6) is 0 Å². The van der Waals surface area contributed by atoms with Crippen LogP contribution >= 0.6 is 0 Å². The molecule has 1 aromatic heterocycles. The lowest BCUT2D eigenvalue weighted by Crippen LogP contribution is -2.23. The van der Waals surface area contributed by atoms with Crippen LogP contribution in [-0.4, -0.2) is 55.6 Å². The summed E-state index contributed by atoms with van der Waals surface area (Å²) in [5.74, 6) is -1.59. The Hall–Kier alpha value is -4.76. The average Bonchev–Trinajstić information content (AvgIpc) is 2.95. The minimum Gasteiger partial charge on any atom is -0.475 e. The molecule has 0 aliphatic rings. The van der Waals surface area contributed by atoms with E-state index < -0.39 is 22.2 Å². The largest absolute Gasteiger partial charge is 0.490 e. The van der Waals surface area contributed by atoms with E-state index in [9.17, 15) is 26.4 Å². The zero-order valence-electron chi connectivity index (χ0n) is 23.3. The summed E-state index contributed by atoms with van der Waals surface area (Å²) in [6.07, 6.45) is -5.08. The van der Waals surface area contributed by atoms with Crippen molar-refractivity contribution in [2.24, 2.45) is 0 Å². The van der Waals surface area contributed by atoms with E-state index in [0.29, 0.717) is 18.2 Å². The van der Waals surface area contributed by atoms with Crippen molar-refractivity contribution in [1.82, 2.24) is 14.7 Å². The molecule has 1 amide bonds. The van der Waals surface area contributed by atoms with Crippen molar-refractivity contribution in [2.75, 3.05) is 29.6 Å². The summed E-state index contributed by atoms with van der Waals surface area (Å²) in [5.41, 5.74) is 3.25. The Morgan fingerprint density at radius 1 is 0.884 bits per heavy atom. The van der Waals surface area contributed by atoms with Crippen LogP contribution in [0.4, 0.5) is 30.6 Å². The van der Waals surface area contributed by atoms with Crippen LogP contribution in [0.2, 0.25) is 0 Å². The normalized spacial score (nSPS) is 11.3. The molecule has 11 nitrogen and oxygen atoms in total. The third-order valence-corrected chi connectivity index (χ3v) is 7.09. The van der Waals surface area contributed by atoms with Crippen LogP contribution in [0.1, 0.15) is 18.1 Å². The zero-order chi connectivity index (χ0) is 31.8. The molecule has 0 bridgehead atoms. The van der Waals surface area contributed by atoms with Gasteiger partial charge in [0.25, 0.3) is 0 Å². The number of aliphatic carboxylic acids is 1. The van der Waals surface area contributed by atoms with E-state index in [1.807, 2.05) is 67.5 Å². The first-order valence-electron chi connectivity index (χ1n) is 12.6. The maximum absolute atomic E-state index is 12.6. The number of amides is 1. The molecule has 0 atom stereocenters. The fraction of sp³-hybridized carbons (Fsp3) is 0.214. The standard InChI is InChI=1S/C26H28N6O3S.C2HF3O2/c1-18(33)29-21-12-14-22(15-13-21)36(34,35)28-17-20-10-8-19(9-11-20)16-27-26-30-24-7-5-4-6-23(24)25(31-26)32(2)3;3-2(4,5)1(6)7/h4-15,28H,16-17H2,1-3H3,(H,29,33)(H,27,30,31);(H,6,7). The highest BCUT2D eigenvalue weighted by Crippen LogP contribution is 2.24. The van der Waals surface area contributed by atoms with Crippen molar-refractivity contribution < 1.29 is 36.3 Å². The third kappa shape index (κ3) is 9.65. The lowest BCUT2D eigenvalue weighted by molar-refractivity contribution is -0.192. The SMILES string of the molecule is CC(=O)Nc1ccc(S(=O)(=O)NCc2ccc(CNc3nc(N(C)C)c4ccccc4n3)cc2)cc1.O=C(O)C(F)(F)F. The van der Waals surface area contributed by atoms with E-state index in [0.717, 1.165) is 27.8 Å². The summed E-state index contributed by atoms with van der Waals surface area (Å²) in [5, 5.41) is 14.0. The van der Waals surface area contributed by atoms with E-state index in [1.165, 1.54) is 19.1 Å². The van der Waals surface area contributed by atoms with Crippen molar-refractivity contribution in [3.05, 3.63) is 83.9 Å². The van der Waals surface area contributed by atoms with Gasteiger partial charge in [0.15, 0.2) is 0 Å². The molecule has 0 aliphatic heterocycles. The summed E-state index contributed by atoms with van der Waals surface area (Å²) in [6, 6.07) is 21.5. The number of anilines is 3. The highest BCUT2D eigenvalue weighted by molar-refractivity contribution is 7.89. The number of nitrogens with zero attached hydrogens (tertiary/aromatic N) is 3. The summed E-state index contributed by atoms with van der Waals surface area (Å²) in [7, 11) is 0.217. The number of carboxylic acids is 1. The van der Waals surface area contributed by atoms with Crippen molar-refractivity contribution >= 4 is 50.3 Å². The first kappa shape index (κ1) is 32.8. The number of sulfonamides is 1. The van der Waals surface area contributed by atoms with Gasteiger partial charge >= 0.3 is 12.1 Å². The molecule has 4 N–H and O–H groups in total. The zero-order valence-corrected chi connectivity index (χ0v) is 24.1.